The maximum Gasteiger partial charge on any atom is 0.223 e. The average Bonchev–Trinajstić information content (AvgIpc) is 2.79. The summed E-state index contributed by atoms with van der Waals surface area (Å²) in [6.07, 6.45) is 0.510. The van der Waals surface area contributed by atoms with Crippen LogP contribution in [0.5, 0.6) is 5.75 Å². The van der Waals surface area contributed by atoms with E-state index < -0.39 is 5.60 Å². The van der Waals surface area contributed by atoms with Gasteiger partial charge in [0.1, 0.15) is 11.4 Å². The van der Waals surface area contributed by atoms with Crippen molar-refractivity contribution in [1.29, 1.82) is 0 Å². The van der Waals surface area contributed by atoms with Crippen molar-refractivity contribution in [3.63, 3.8) is 0 Å². The molecule has 0 aromatic heterocycles. The predicted molar refractivity (Wildman–Crippen MR) is 79.0 cm³/mol. The van der Waals surface area contributed by atoms with Crippen LogP contribution in [0.4, 0.5) is 5.69 Å². The summed E-state index contributed by atoms with van der Waals surface area (Å²) in [5.41, 5.74) is 5.28. The fourth-order valence-corrected chi connectivity index (χ4v) is 2.17. The van der Waals surface area contributed by atoms with Gasteiger partial charge >= 0.3 is 0 Å². The molecule has 1 aliphatic heterocycles. The first kappa shape index (κ1) is 15.6. The molecule has 1 aliphatic rings. The standard InChI is InChI=1S/C15H22N2O4/c1-11-15(19,7-9-20-11)10-17-14(18)6-8-21-13-4-2-12(16)3-5-13/h2-5,11,19H,6-10,16H2,1H3,(H,17,18). The molecule has 6 nitrogen and oxygen atoms in total. The van der Waals surface area contributed by atoms with Crippen molar-refractivity contribution in [2.45, 2.75) is 31.5 Å². The summed E-state index contributed by atoms with van der Waals surface area (Å²) < 4.78 is 10.8. The van der Waals surface area contributed by atoms with Crippen LogP contribution >= 0.6 is 0 Å². The molecule has 4 N–H and O–H groups in total. The second-order valence-corrected chi connectivity index (χ2v) is 5.31. The van der Waals surface area contributed by atoms with Gasteiger partial charge in [-0.15, -0.1) is 0 Å². The molecule has 2 atom stereocenters. The molecule has 21 heavy (non-hydrogen) atoms. The van der Waals surface area contributed by atoms with Crippen LogP contribution in [0.3, 0.4) is 0 Å². The maximum atomic E-state index is 11.7. The quantitative estimate of drug-likeness (QED) is 0.671. The SMILES string of the molecule is CC1OCCC1(O)CNC(=O)CCOc1ccc(N)cc1. The third-order valence-corrected chi connectivity index (χ3v) is 3.73. The van der Waals surface area contributed by atoms with Gasteiger partial charge in [0.15, 0.2) is 0 Å². The van der Waals surface area contributed by atoms with Gasteiger partial charge in [0.25, 0.3) is 0 Å². The van der Waals surface area contributed by atoms with Gasteiger partial charge in [-0.05, 0) is 31.2 Å². The lowest BCUT2D eigenvalue weighted by molar-refractivity contribution is -0.123. The van der Waals surface area contributed by atoms with Crippen molar-refractivity contribution in [2.24, 2.45) is 0 Å². The second kappa shape index (κ2) is 6.78. The fraction of sp³-hybridized carbons (Fsp3) is 0.533. The Morgan fingerprint density at radius 3 is 2.86 bits per heavy atom. The number of ether oxygens (including phenoxy) is 2. The van der Waals surface area contributed by atoms with Gasteiger partial charge < -0.3 is 25.6 Å². The van der Waals surface area contributed by atoms with Crippen molar-refractivity contribution in [1.82, 2.24) is 5.32 Å². The van der Waals surface area contributed by atoms with E-state index in [1.165, 1.54) is 0 Å². The van der Waals surface area contributed by atoms with Crippen LogP contribution in [0, 0.1) is 0 Å². The lowest BCUT2D eigenvalue weighted by atomic mass is 9.97. The van der Waals surface area contributed by atoms with Crippen molar-refractivity contribution in [2.75, 3.05) is 25.5 Å². The van der Waals surface area contributed by atoms with Crippen molar-refractivity contribution < 1.29 is 19.4 Å². The Labute approximate surface area is 124 Å². The van der Waals surface area contributed by atoms with Gasteiger partial charge in [-0.3, -0.25) is 4.79 Å². The van der Waals surface area contributed by atoms with E-state index >= 15 is 0 Å². The Balaban J connectivity index is 1.67. The molecule has 1 aromatic carbocycles. The van der Waals surface area contributed by atoms with E-state index in [2.05, 4.69) is 5.32 Å². The molecule has 2 unspecified atom stereocenters. The Morgan fingerprint density at radius 1 is 1.52 bits per heavy atom. The van der Waals surface area contributed by atoms with E-state index in [1.807, 2.05) is 6.92 Å². The van der Waals surface area contributed by atoms with E-state index in [9.17, 15) is 9.90 Å². The van der Waals surface area contributed by atoms with Crippen LogP contribution in [0.2, 0.25) is 0 Å². The summed E-state index contributed by atoms with van der Waals surface area (Å²) in [5, 5.41) is 13.0. The lowest BCUT2D eigenvalue weighted by Crippen LogP contribution is -2.47. The van der Waals surface area contributed by atoms with Crippen molar-refractivity contribution in [3.05, 3.63) is 24.3 Å². The number of amides is 1. The highest BCUT2D eigenvalue weighted by atomic mass is 16.5. The Hall–Kier alpha value is -1.79. The molecular formula is C15H22N2O4. The van der Waals surface area contributed by atoms with Crippen LogP contribution in [-0.2, 0) is 9.53 Å². The highest BCUT2D eigenvalue weighted by Gasteiger charge is 2.39. The van der Waals surface area contributed by atoms with E-state index in [0.717, 1.165) is 0 Å². The van der Waals surface area contributed by atoms with Crippen LogP contribution in [0.1, 0.15) is 19.8 Å². The van der Waals surface area contributed by atoms with Crippen molar-refractivity contribution >= 4 is 11.6 Å². The third-order valence-electron chi connectivity index (χ3n) is 3.73. The Bertz CT molecular complexity index is 477. The number of aliphatic hydroxyl groups is 1. The van der Waals surface area contributed by atoms with Gasteiger partial charge in [0.05, 0.1) is 19.1 Å². The highest BCUT2D eigenvalue weighted by Crippen LogP contribution is 2.24. The minimum atomic E-state index is -0.965. The molecule has 1 amide bonds. The summed E-state index contributed by atoms with van der Waals surface area (Å²) in [5.74, 6) is 0.520. The summed E-state index contributed by atoms with van der Waals surface area (Å²) in [6, 6.07) is 7.00. The molecule has 1 fully saturated rings. The molecule has 0 saturated carbocycles. The molecule has 0 bridgehead atoms. The molecule has 6 heteroatoms. The van der Waals surface area contributed by atoms with Crippen LogP contribution in [0.15, 0.2) is 24.3 Å². The smallest absolute Gasteiger partial charge is 0.223 e. The van der Waals surface area contributed by atoms with E-state index in [1.54, 1.807) is 24.3 Å². The minimum absolute atomic E-state index is 0.155. The first-order valence-electron chi connectivity index (χ1n) is 7.09. The third kappa shape index (κ3) is 4.34. The lowest BCUT2D eigenvalue weighted by Gasteiger charge is -2.26. The van der Waals surface area contributed by atoms with Crippen LogP contribution < -0.4 is 15.8 Å². The first-order chi connectivity index (χ1) is 9.99. The number of hydrogen-bond donors (Lipinski definition) is 3. The molecule has 0 radical (unpaired) electrons. The zero-order chi connectivity index (χ0) is 15.3. The average molecular weight is 294 g/mol. The number of hydrogen-bond acceptors (Lipinski definition) is 5. The van der Waals surface area contributed by atoms with Crippen LogP contribution in [-0.4, -0.2) is 42.5 Å². The number of nitrogen functional groups attached to an aromatic ring is 1. The normalized spacial score (nSPS) is 24.8. The van der Waals surface area contributed by atoms with Crippen molar-refractivity contribution in [3.8, 4) is 5.75 Å². The largest absolute Gasteiger partial charge is 0.493 e. The van der Waals surface area contributed by atoms with Gasteiger partial charge in [0.2, 0.25) is 5.91 Å². The van der Waals surface area contributed by atoms with Crippen LogP contribution in [0.25, 0.3) is 0 Å². The number of nitrogens with one attached hydrogen (secondary N) is 1. The monoisotopic (exact) mass is 294 g/mol. The number of anilines is 1. The molecule has 2 rings (SSSR count). The van der Waals surface area contributed by atoms with Gasteiger partial charge in [-0.2, -0.15) is 0 Å². The summed E-state index contributed by atoms with van der Waals surface area (Å²) in [6.45, 7) is 2.81. The second-order valence-electron chi connectivity index (χ2n) is 5.31. The molecule has 116 valence electrons. The zero-order valence-corrected chi connectivity index (χ0v) is 12.2. The molecule has 1 saturated heterocycles. The van der Waals surface area contributed by atoms with Gasteiger partial charge in [-0.1, -0.05) is 0 Å². The zero-order valence-electron chi connectivity index (χ0n) is 12.2. The van der Waals surface area contributed by atoms with Gasteiger partial charge in [-0.25, -0.2) is 0 Å². The maximum absolute atomic E-state index is 11.7. The van der Waals surface area contributed by atoms with E-state index in [4.69, 9.17) is 15.2 Å². The number of carbonyl (C=O) groups is 1. The Morgan fingerprint density at radius 2 is 2.24 bits per heavy atom. The predicted octanol–water partition coefficient (Wildman–Crippen LogP) is 0.694. The van der Waals surface area contributed by atoms with E-state index in [0.29, 0.717) is 24.5 Å². The first-order valence-corrected chi connectivity index (χ1v) is 7.09. The van der Waals surface area contributed by atoms with Gasteiger partial charge in [0, 0.05) is 25.3 Å². The minimum Gasteiger partial charge on any atom is -0.493 e. The highest BCUT2D eigenvalue weighted by molar-refractivity contribution is 5.76. The summed E-state index contributed by atoms with van der Waals surface area (Å²) in [4.78, 5) is 11.7. The number of rotatable bonds is 6. The molecular weight excluding hydrogens is 272 g/mol. The summed E-state index contributed by atoms with van der Waals surface area (Å²) >= 11 is 0. The topological polar surface area (TPSA) is 93.8 Å². The fourth-order valence-electron chi connectivity index (χ4n) is 2.17. The molecule has 0 spiro atoms. The number of carbonyl (C=O) groups excluding carboxylic acids is 1. The molecule has 1 aromatic rings. The number of nitrogens with two attached hydrogens (primary N) is 1. The summed E-state index contributed by atoms with van der Waals surface area (Å²) in [7, 11) is 0. The Kier molecular flexibility index (Phi) is 5.03. The molecule has 1 heterocycles. The molecule has 0 aliphatic carbocycles. The number of benzene rings is 1. The van der Waals surface area contributed by atoms with E-state index in [-0.39, 0.29) is 31.6 Å².